The van der Waals surface area contributed by atoms with E-state index >= 15 is 0 Å². The van der Waals surface area contributed by atoms with E-state index < -0.39 is 6.04 Å². The first kappa shape index (κ1) is 23.5. The van der Waals surface area contributed by atoms with E-state index in [4.69, 9.17) is 11.6 Å². The van der Waals surface area contributed by atoms with Crippen molar-refractivity contribution < 1.29 is 9.59 Å². The molecule has 0 heterocycles. The zero-order valence-electron chi connectivity index (χ0n) is 18.3. The molecule has 0 aromatic heterocycles. The Hall–Kier alpha value is -3.15. The lowest BCUT2D eigenvalue weighted by atomic mass is 10.0. The maximum Gasteiger partial charge on any atom is 0.253 e. The molecule has 3 aromatic carbocycles. The fourth-order valence-corrected chi connectivity index (χ4v) is 3.76. The summed E-state index contributed by atoms with van der Waals surface area (Å²) in [5.74, 6) is -0.459. The molecule has 0 spiro atoms. The van der Waals surface area contributed by atoms with Crippen molar-refractivity contribution in [2.45, 2.75) is 18.5 Å². The second-order valence-electron chi connectivity index (χ2n) is 7.91. The Labute approximate surface area is 194 Å². The molecule has 2 amide bonds. The van der Waals surface area contributed by atoms with Gasteiger partial charge in [-0.2, -0.15) is 0 Å². The van der Waals surface area contributed by atoms with E-state index in [-0.39, 0.29) is 24.3 Å². The fourth-order valence-electron chi connectivity index (χ4n) is 3.54. The van der Waals surface area contributed by atoms with Crippen molar-refractivity contribution in [2.24, 2.45) is 0 Å². The number of nitrogens with zero attached hydrogens (tertiary/aromatic N) is 1. The summed E-state index contributed by atoms with van der Waals surface area (Å²) in [6.07, 6.45) is 0.108. The highest BCUT2D eigenvalue weighted by molar-refractivity contribution is 6.33. The van der Waals surface area contributed by atoms with Gasteiger partial charge in [-0.3, -0.25) is 9.59 Å². The van der Waals surface area contributed by atoms with Gasteiger partial charge in [0, 0.05) is 6.54 Å². The molecule has 2 unspecified atom stereocenters. The molecule has 0 fully saturated rings. The summed E-state index contributed by atoms with van der Waals surface area (Å²) in [5.41, 5.74) is 2.27. The predicted octanol–water partition coefficient (Wildman–Crippen LogP) is 4.62. The van der Waals surface area contributed by atoms with Crippen LogP contribution in [0, 0.1) is 0 Å². The zero-order chi connectivity index (χ0) is 22.9. The lowest BCUT2D eigenvalue weighted by Gasteiger charge is -2.25. The number of nitrogens with one attached hydrogen (secondary N) is 2. The Morgan fingerprint density at radius 2 is 1.31 bits per heavy atom. The summed E-state index contributed by atoms with van der Waals surface area (Å²) in [4.78, 5) is 28.0. The minimum Gasteiger partial charge on any atom is -0.348 e. The molecule has 6 heteroatoms. The number of halogens is 1. The van der Waals surface area contributed by atoms with Crippen LogP contribution in [0.1, 0.15) is 40.0 Å². The molecule has 3 rings (SSSR count). The van der Waals surface area contributed by atoms with Gasteiger partial charge in [-0.1, -0.05) is 84.4 Å². The molecule has 2 N–H and O–H groups in total. The van der Waals surface area contributed by atoms with Gasteiger partial charge in [0.25, 0.3) is 5.91 Å². The molecular formula is C26H28ClN3O2. The minimum atomic E-state index is -0.490. The van der Waals surface area contributed by atoms with E-state index in [0.717, 1.165) is 11.1 Å². The standard InChI is InChI=1S/C26H28ClN3O2/c1-30(2)18-24(20-13-7-4-8-14-20)28-25(31)17-23(19-11-5-3-6-12-19)29-26(32)21-15-9-10-16-22(21)27/h3-16,23-24H,17-18H2,1-2H3,(H,28,31)(H,29,32). The molecular weight excluding hydrogens is 422 g/mol. The highest BCUT2D eigenvalue weighted by Gasteiger charge is 2.22. The molecule has 0 saturated heterocycles. The summed E-state index contributed by atoms with van der Waals surface area (Å²) >= 11 is 6.19. The minimum absolute atomic E-state index is 0.108. The number of amides is 2. The van der Waals surface area contributed by atoms with Crippen LogP contribution < -0.4 is 10.6 Å². The first-order chi connectivity index (χ1) is 15.4. The predicted molar refractivity (Wildman–Crippen MR) is 129 cm³/mol. The van der Waals surface area contributed by atoms with Crippen molar-refractivity contribution in [3.05, 3.63) is 107 Å². The van der Waals surface area contributed by atoms with Crippen LogP contribution in [0.4, 0.5) is 0 Å². The van der Waals surface area contributed by atoms with E-state index in [1.165, 1.54) is 0 Å². The molecule has 2 atom stereocenters. The third-order valence-electron chi connectivity index (χ3n) is 5.10. The van der Waals surface area contributed by atoms with Crippen LogP contribution in [0.5, 0.6) is 0 Å². The van der Waals surface area contributed by atoms with Crippen LogP contribution in [0.25, 0.3) is 0 Å². The van der Waals surface area contributed by atoms with E-state index in [1.807, 2.05) is 79.7 Å². The molecule has 0 aliphatic rings. The third kappa shape index (κ3) is 6.67. The average Bonchev–Trinajstić information content (AvgIpc) is 2.79. The molecule has 32 heavy (non-hydrogen) atoms. The maximum atomic E-state index is 13.1. The van der Waals surface area contributed by atoms with Crippen molar-refractivity contribution in [3.8, 4) is 0 Å². The van der Waals surface area contributed by atoms with Gasteiger partial charge in [0.05, 0.1) is 29.1 Å². The quantitative estimate of drug-likeness (QED) is 0.501. The van der Waals surface area contributed by atoms with Crippen molar-refractivity contribution >= 4 is 23.4 Å². The average molecular weight is 450 g/mol. The largest absolute Gasteiger partial charge is 0.348 e. The summed E-state index contributed by atoms with van der Waals surface area (Å²) in [6, 6.07) is 25.6. The van der Waals surface area contributed by atoms with Gasteiger partial charge >= 0.3 is 0 Å². The van der Waals surface area contributed by atoms with Gasteiger partial charge < -0.3 is 15.5 Å². The van der Waals surface area contributed by atoms with Gasteiger partial charge in [0.15, 0.2) is 0 Å². The first-order valence-corrected chi connectivity index (χ1v) is 10.9. The first-order valence-electron chi connectivity index (χ1n) is 10.5. The fraction of sp³-hybridized carbons (Fsp3) is 0.231. The SMILES string of the molecule is CN(C)CC(NC(=O)CC(NC(=O)c1ccccc1Cl)c1ccccc1)c1ccccc1. The van der Waals surface area contributed by atoms with Gasteiger partial charge in [0.2, 0.25) is 5.91 Å². The highest BCUT2D eigenvalue weighted by atomic mass is 35.5. The van der Waals surface area contributed by atoms with Crippen LogP contribution in [0.2, 0.25) is 5.02 Å². The Bertz CT molecular complexity index is 1030. The second-order valence-corrected chi connectivity index (χ2v) is 8.32. The number of carbonyl (C=O) groups is 2. The number of rotatable bonds is 9. The third-order valence-corrected chi connectivity index (χ3v) is 5.43. The smallest absolute Gasteiger partial charge is 0.253 e. The normalized spacial score (nSPS) is 12.8. The van der Waals surface area contributed by atoms with Crippen LogP contribution in [0.15, 0.2) is 84.9 Å². The lowest BCUT2D eigenvalue weighted by Crippen LogP contribution is -2.38. The molecule has 0 aliphatic carbocycles. The van der Waals surface area contributed by atoms with E-state index in [9.17, 15) is 9.59 Å². The lowest BCUT2D eigenvalue weighted by molar-refractivity contribution is -0.122. The van der Waals surface area contributed by atoms with Crippen LogP contribution in [-0.2, 0) is 4.79 Å². The van der Waals surface area contributed by atoms with Crippen molar-refractivity contribution in [1.29, 1.82) is 0 Å². The second kappa shape index (κ2) is 11.5. The molecule has 166 valence electrons. The van der Waals surface area contributed by atoms with Crippen LogP contribution in [-0.4, -0.2) is 37.4 Å². The van der Waals surface area contributed by atoms with Crippen molar-refractivity contribution in [3.63, 3.8) is 0 Å². The maximum absolute atomic E-state index is 13.1. The molecule has 0 radical (unpaired) electrons. The molecule has 0 aliphatic heterocycles. The number of likely N-dealkylation sites (N-methyl/N-ethyl adjacent to an activating group) is 1. The Morgan fingerprint density at radius 3 is 1.88 bits per heavy atom. The Morgan fingerprint density at radius 1 is 0.781 bits per heavy atom. The van der Waals surface area contributed by atoms with E-state index in [2.05, 4.69) is 10.6 Å². The van der Waals surface area contributed by atoms with Crippen molar-refractivity contribution in [1.82, 2.24) is 15.5 Å². The van der Waals surface area contributed by atoms with Gasteiger partial charge in [-0.25, -0.2) is 0 Å². The molecule has 0 bridgehead atoms. The number of benzene rings is 3. The van der Waals surface area contributed by atoms with Gasteiger partial charge in [-0.15, -0.1) is 0 Å². The van der Waals surface area contributed by atoms with Crippen LogP contribution in [0.3, 0.4) is 0 Å². The molecule has 3 aromatic rings. The number of hydrogen-bond donors (Lipinski definition) is 2. The Balaban J connectivity index is 1.77. The summed E-state index contributed by atoms with van der Waals surface area (Å²) < 4.78 is 0. The van der Waals surface area contributed by atoms with Crippen LogP contribution >= 0.6 is 11.6 Å². The topological polar surface area (TPSA) is 61.4 Å². The van der Waals surface area contributed by atoms with Gasteiger partial charge in [0.1, 0.15) is 0 Å². The number of carbonyl (C=O) groups excluding carboxylic acids is 2. The van der Waals surface area contributed by atoms with E-state index in [0.29, 0.717) is 17.1 Å². The summed E-state index contributed by atoms with van der Waals surface area (Å²) in [7, 11) is 3.94. The van der Waals surface area contributed by atoms with Crippen molar-refractivity contribution in [2.75, 3.05) is 20.6 Å². The number of hydrogen-bond acceptors (Lipinski definition) is 3. The molecule has 5 nitrogen and oxygen atoms in total. The van der Waals surface area contributed by atoms with E-state index in [1.54, 1.807) is 24.3 Å². The zero-order valence-corrected chi connectivity index (χ0v) is 19.0. The summed E-state index contributed by atoms with van der Waals surface area (Å²) in [6.45, 7) is 0.664. The summed E-state index contributed by atoms with van der Waals surface area (Å²) in [5, 5.41) is 6.48. The monoisotopic (exact) mass is 449 g/mol. The Kier molecular flexibility index (Phi) is 8.42. The molecule has 0 saturated carbocycles. The van der Waals surface area contributed by atoms with Gasteiger partial charge in [-0.05, 0) is 37.4 Å². The highest BCUT2D eigenvalue weighted by Crippen LogP contribution is 2.21.